The van der Waals surface area contributed by atoms with Crippen molar-refractivity contribution in [2.75, 3.05) is 7.11 Å². The minimum Gasteiger partial charge on any atom is -0.496 e. The van der Waals surface area contributed by atoms with Gasteiger partial charge in [-0.25, -0.2) is 0 Å². The van der Waals surface area contributed by atoms with Gasteiger partial charge in [0.25, 0.3) is 0 Å². The Hall–Kier alpha value is -1.47. The first-order chi connectivity index (χ1) is 9.22. The lowest BCUT2D eigenvalue weighted by atomic mass is 10.1. The van der Waals surface area contributed by atoms with Crippen molar-refractivity contribution in [1.29, 1.82) is 0 Å². The third kappa shape index (κ3) is 4.96. The molecule has 0 unspecified atom stereocenters. The van der Waals surface area contributed by atoms with Crippen molar-refractivity contribution in [3.05, 3.63) is 64.7 Å². The summed E-state index contributed by atoms with van der Waals surface area (Å²) in [7, 11) is 1.70. The summed E-state index contributed by atoms with van der Waals surface area (Å²) in [5.41, 5.74) is 2.49. The average molecular weight is 277 g/mol. The maximum Gasteiger partial charge on any atom is 0.122 e. The van der Waals surface area contributed by atoms with Crippen LogP contribution in [-0.4, -0.2) is 7.11 Å². The highest BCUT2D eigenvalue weighted by Gasteiger charge is 1.95. The first kappa shape index (κ1) is 15.6. The van der Waals surface area contributed by atoms with Crippen LogP contribution in [0.25, 0.3) is 0 Å². The van der Waals surface area contributed by atoms with Crippen LogP contribution in [0.4, 0.5) is 0 Å². The number of benzene rings is 2. The zero-order valence-corrected chi connectivity index (χ0v) is 12.6. The van der Waals surface area contributed by atoms with Gasteiger partial charge in [-0.15, -0.1) is 0 Å². The van der Waals surface area contributed by atoms with Crippen molar-refractivity contribution in [2.45, 2.75) is 26.7 Å². The fourth-order valence-corrected chi connectivity index (χ4v) is 2.05. The number of ether oxygens (including phenoxy) is 1. The van der Waals surface area contributed by atoms with E-state index in [4.69, 9.17) is 16.3 Å². The first-order valence-electron chi connectivity index (χ1n) is 6.58. The number of para-hydroxylation sites is 1. The van der Waals surface area contributed by atoms with Crippen LogP contribution in [0.15, 0.2) is 48.5 Å². The second-order valence-corrected chi connectivity index (χ2v) is 4.52. The fourth-order valence-electron chi connectivity index (χ4n) is 1.78. The molecule has 0 saturated heterocycles. The molecule has 0 fully saturated rings. The predicted molar refractivity (Wildman–Crippen MR) is 83.2 cm³/mol. The molecule has 2 aromatic carbocycles. The van der Waals surface area contributed by atoms with E-state index in [0.717, 1.165) is 23.6 Å². The van der Waals surface area contributed by atoms with E-state index < -0.39 is 0 Å². The standard InChI is InChI=1S/C9H12O.C8H9Cl/c1-3-8-6-4-5-7-9(8)10-2;1-2-7-5-3-4-6-8(7)9/h4-7H,3H2,1-2H3;3-6H,2H2,1H3. The molecule has 0 spiro atoms. The Morgan fingerprint density at radius 2 is 1.37 bits per heavy atom. The third-order valence-corrected chi connectivity index (χ3v) is 3.28. The molecule has 0 aliphatic carbocycles. The van der Waals surface area contributed by atoms with Crippen molar-refractivity contribution in [3.8, 4) is 5.75 Å². The summed E-state index contributed by atoms with van der Waals surface area (Å²) in [5.74, 6) is 0.991. The number of hydrogen-bond donors (Lipinski definition) is 0. The minimum atomic E-state index is 0.875. The summed E-state index contributed by atoms with van der Waals surface area (Å²) in [4.78, 5) is 0. The summed E-state index contributed by atoms with van der Waals surface area (Å²) in [6.45, 7) is 4.22. The highest BCUT2D eigenvalue weighted by atomic mass is 35.5. The third-order valence-electron chi connectivity index (χ3n) is 2.91. The van der Waals surface area contributed by atoms with Crippen LogP contribution >= 0.6 is 11.6 Å². The molecule has 0 aromatic heterocycles. The number of halogens is 1. The molecule has 102 valence electrons. The van der Waals surface area contributed by atoms with Crippen LogP contribution < -0.4 is 4.74 Å². The van der Waals surface area contributed by atoms with Gasteiger partial charge in [-0.1, -0.05) is 61.8 Å². The van der Waals surface area contributed by atoms with Crippen LogP contribution in [0.1, 0.15) is 25.0 Å². The molecule has 0 heterocycles. The molecule has 0 saturated carbocycles. The molecule has 19 heavy (non-hydrogen) atoms. The number of rotatable bonds is 3. The normalized spacial score (nSPS) is 9.47. The molecule has 0 aliphatic heterocycles. The molecule has 0 N–H and O–H groups in total. The van der Waals surface area contributed by atoms with Crippen molar-refractivity contribution in [2.24, 2.45) is 0 Å². The van der Waals surface area contributed by atoms with Crippen molar-refractivity contribution in [3.63, 3.8) is 0 Å². The lowest BCUT2D eigenvalue weighted by molar-refractivity contribution is 0.410. The summed E-state index contributed by atoms with van der Waals surface area (Å²) in [6, 6.07) is 16.0. The SMILES string of the molecule is CCc1ccccc1Cl.CCc1ccccc1OC. The summed E-state index contributed by atoms with van der Waals surface area (Å²) >= 11 is 5.82. The molecule has 0 aliphatic rings. The minimum absolute atomic E-state index is 0.875. The number of hydrogen-bond acceptors (Lipinski definition) is 1. The van der Waals surface area contributed by atoms with E-state index in [-0.39, 0.29) is 0 Å². The van der Waals surface area contributed by atoms with Crippen LogP contribution in [0.2, 0.25) is 5.02 Å². The maximum absolute atomic E-state index is 5.82. The monoisotopic (exact) mass is 276 g/mol. The zero-order valence-electron chi connectivity index (χ0n) is 11.8. The zero-order chi connectivity index (χ0) is 14.1. The lowest BCUT2D eigenvalue weighted by Gasteiger charge is -2.03. The summed E-state index contributed by atoms with van der Waals surface area (Å²) in [5, 5.41) is 0.875. The molecule has 2 heteroatoms. The van der Waals surface area contributed by atoms with Gasteiger partial charge in [-0.05, 0) is 36.1 Å². The van der Waals surface area contributed by atoms with E-state index in [1.54, 1.807) is 7.11 Å². The highest BCUT2D eigenvalue weighted by molar-refractivity contribution is 6.31. The topological polar surface area (TPSA) is 9.23 Å². The van der Waals surface area contributed by atoms with Gasteiger partial charge >= 0.3 is 0 Å². The van der Waals surface area contributed by atoms with E-state index in [0.29, 0.717) is 0 Å². The van der Waals surface area contributed by atoms with Crippen molar-refractivity contribution in [1.82, 2.24) is 0 Å². The van der Waals surface area contributed by atoms with Gasteiger partial charge in [0, 0.05) is 5.02 Å². The molecule has 0 atom stereocenters. The number of aryl methyl sites for hydroxylation is 2. The summed E-state index contributed by atoms with van der Waals surface area (Å²) in [6.07, 6.45) is 2.05. The molecule has 0 radical (unpaired) electrons. The van der Waals surface area contributed by atoms with Gasteiger partial charge in [-0.3, -0.25) is 0 Å². The van der Waals surface area contributed by atoms with E-state index in [1.807, 2.05) is 42.5 Å². The Balaban J connectivity index is 0.000000191. The molecule has 0 bridgehead atoms. The lowest BCUT2D eigenvalue weighted by Crippen LogP contribution is -1.88. The second kappa shape index (κ2) is 8.60. The van der Waals surface area contributed by atoms with Crippen LogP contribution in [0.5, 0.6) is 5.75 Å². The number of methoxy groups -OCH3 is 1. The van der Waals surface area contributed by atoms with Crippen LogP contribution in [0, 0.1) is 0 Å². The van der Waals surface area contributed by atoms with E-state index in [2.05, 4.69) is 19.9 Å². The second-order valence-electron chi connectivity index (χ2n) is 4.11. The van der Waals surface area contributed by atoms with Crippen LogP contribution in [-0.2, 0) is 12.8 Å². The average Bonchev–Trinajstić information content (AvgIpc) is 2.48. The molecular formula is C17H21ClO. The molecule has 2 aromatic rings. The Bertz CT molecular complexity index is 471. The Morgan fingerprint density at radius 3 is 1.79 bits per heavy atom. The largest absolute Gasteiger partial charge is 0.496 e. The molecule has 0 amide bonds. The highest BCUT2D eigenvalue weighted by Crippen LogP contribution is 2.16. The fraction of sp³-hybridized carbons (Fsp3) is 0.294. The maximum atomic E-state index is 5.82. The summed E-state index contributed by atoms with van der Waals surface area (Å²) < 4.78 is 5.14. The van der Waals surface area contributed by atoms with Gasteiger partial charge in [-0.2, -0.15) is 0 Å². The van der Waals surface area contributed by atoms with Gasteiger partial charge in [0.2, 0.25) is 0 Å². The van der Waals surface area contributed by atoms with Gasteiger partial charge < -0.3 is 4.74 Å². The molecule has 1 nitrogen and oxygen atoms in total. The Kier molecular flexibility index (Phi) is 7.06. The van der Waals surface area contributed by atoms with Crippen molar-refractivity contribution < 1.29 is 4.74 Å². The van der Waals surface area contributed by atoms with Gasteiger partial charge in [0.1, 0.15) is 5.75 Å². The van der Waals surface area contributed by atoms with Crippen LogP contribution in [0.3, 0.4) is 0 Å². The molecular weight excluding hydrogens is 256 g/mol. The Morgan fingerprint density at radius 1 is 0.842 bits per heavy atom. The van der Waals surface area contributed by atoms with E-state index in [1.165, 1.54) is 11.1 Å². The quantitative estimate of drug-likeness (QED) is 0.752. The van der Waals surface area contributed by atoms with E-state index in [9.17, 15) is 0 Å². The molecule has 2 rings (SSSR count). The predicted octanol–water partition coefficient (Wildman–Crippen LogP) is 5.16. The van der Waals surface area contributed by atoms with Crippen molar-refractivity contribution >= 4 is 11.6 Å². The van der Waals surface area contributed by atoms with Gasteiger partial charge in [0.05, 0.1) is 7.11 Å². The van der Waals surface area contributed by atoms with Gasteiger partial charge in [0.15, 0.2) is 0 Å². The smallest absolute Gasteiger partial charge is 0.122 e. The Labute approximate surface area is 121 Å². The van der Waals surface area contributed by atoms with E-state index >= 15 is 0 Å². The first-order valence-corrected chi connectivity index (χ1v) is 6.96.